The van der Waals surface area contributed by atoms with Crippen molar-refractivity contribution >= 4 is 33.2 Å². The van der Waals surface area contributed by atoms with Gasteiger partial charge >= 0.3 is 0 Å². The van der Waals surface area contributed by atoms with Gasteiger partial charge < -0.3 is 9.15 Å². The first-order valence-electron chi connectivity index (χ1n) is 3.97. The molecule has 0 fully saturated rings. The Bertz CT molecular complexity index is 487. The summed E-state index contributed by atoms with van der Waals surface area (Å²) in [4.78, 5) is 10.9. The van der Waals surface area contributed by atoms with Crippen LogP contribution in [0.2, 0.25) is 0 Å². The maximum absolute atomic E-state index is 10.9. The molecule has 0 saturated heterocycles. The van der Waals surface area contributed by atoms with Gasteiger partial charge in [-0.3, -0.25) is 4.79 Å². The van der Waals surface area contributed by atoms with Crippen LogP contribution in [0.25, 0.3) is 11.0 Å². The molecule has 0 N–H and O–H groups in total. The lowest BCUT2D eigenvalue weighted by Crippen LogP contribution is -1.89. The van der Waals surface area contributed by atoms with Crippen molar-refractivity contribution in [3.63, 3.8) is 0 Å². The molecule has 0 amide bonds. The highest BCUT2D eigenvalue weighted by atomic mass is 79.9. The lowest BCUT2D eigenvalue weighted by Gasteiger charge is -2.02. The third-order valence-corrected chi connectivity index (χ3v) is 2.40. The fraction of sp³-hybridized carbons (Fsp3) is 0.100. The summed E-state index contributed by atoms with van der Waals surface area (Å²) in [6.07, 6.45) is 0.767. The number of fused-ring (bicyclic) bond motifs is 1. The fourth-order valence-electron chi connectivity index (χ4n) is 1.38. The van der Waals surface area contributed by atoms with E-state index in [1.165, 1.54) is 7.11 Å². The third kappa shape index (κ3) is 1.32. The van der Waals surface area contributed by atoms with Gasteiger partial charge in [0.05, 0.1) is 12.7 Å². The second kappa shape index (κ2) is 3.46. The summed E-state index contributed by atoms with van der Waals surface area (Å²) in [5.41, 5.74) is 1.18. The Morgan fingerprint density at radius 1 is 1.50 bits per heavy atom. The van der Waals surface area contributed by atoms with E-state index in [-0.39, 0.29) is 0 Å². The number of aldehydes is 1. The van der Waals surface area contributed by atoms with Crippen LogP contribution in [0.1, 0.15) is 10.4 Å². The first-order chi connectivity index (χ1) is 6.76. The summed E-state index contributed by atoms with van der Waals surface area (Å²) < 4.78 is 11.0. The second-order valence-corrected chi connectivity index (χ2v) is 3.54. The summed E-state index contributed by atoms with van der Waals surface area (Å²) >= 11 is 3.21. The maximum Gasteiger partial charge on any atom is 0.170 e. The molecular weight excluding hydrogens is 248 g/mol. The molecule has 0 aliphatic heterocycles. The molecule has 1 aromatic carbocycles. The minimum atomic E-state index is 0.513. The Morgan fingerprint density at radius 2 is 2.29 bits per heavy atom. The molecule has 0 unspecified atom stereocenters. The minimum absolute atomic E-state index is 0.513. The maximum atomic E-state index is 10.9. The summed E-state index contributed by atoms with van der Waals surface area (Å²) in [6, 6.07) is 5.23. The monoisotopic (exact) mass is 254 g/mol. The van der Waals surface area contributed by atoms with E-state index < -0.39 is 0 Å². The highest BCUT2D eigenvalue weighted by molar-refractivity contribution is 9.10. The number of hydrogen-bond donors (Lipinski definition) is 0. The number of halogens is 1. The van der Waals surface area contributed by atoms with Crippen LogP contribution < -0.4 is 4.74 Å². The average Bonchev–Trinajstić information content (AvgIpc) is 2.56. The number of rotatable bonds is 2. The summed E-state index contributed by atoms with van der Waals surface area (Å²) in [7, 11) is 1.53. The Labute approximate surface area is 88.8 Å². The zero-order chi connectivity index (χ0) is 10.1. The lowest BCUT2D eigenvalue weighted by atomic mass is 10.1. The van der Waals surface area contributed by atoms with E-state index in [9.17, 15) is 4.79 Å². The number of methoxy groups -OCH3 is 1. The van der Waals surface area contributed by atoms with Crippen LogP contribution in [0.3, 0.4) is 0 Å². The summed E-state index contributed by atoms with van der Waals surface area (Å²) in [5.74, 6) is 0.556. The van der Waals surface area contributed by atoms with Crippen molar-refractivity contribution < 1.29 is 13.9 Å². The Morgan fingerprint density at radius 3 is 2.93 bits per heavy atom. The molecule has 4 heteroatoms. The van der Waals surface area contributed by atoms with Gasteiger partial charge in [0, 0.05) is 5.39 Å². The van der Waals surface area contributed by atoms with Gasteiger partial charge in [-0.2, -0.15) is 0 Å². The van der Waals surface area contributed by atoms with Crippen molar-refractivity contribution in [2.75, 3.05) is 7.11 Å². The van der Waals surface area contributed by atoms with Crippen LogP contribution in [-0.2, 0) is 0 Å². The highest BCUT2D eigenvalue weighted by Gasteiger charge is 2.10. The quantitative estimate of drug-likeness (QED) is 0.774. The minimum Gasteiger partial charge on any atom is -0.496 e. The predicted molar refractivity (Wildman–Crippen MR) is 55.9 cm³/mol. The molecule has 3 nitrogen and oxygen atoms in total. The molecule has 14 heavy (non-hydrogen) atoms. The molecule has 0 aliphatic rings. The summed E-state index contributed by atoms with van der Waals surface area (Å²) in [5, 5.41) is 0.756. The van der Waals surface area contributed by atoms with Crippen molar-refractivity contribution in [2.45, 2.75) is 0 Å². The molecule has 72 valence electrons. The number of benzene rings is 1. The van der Waals surface area contributed by atoms with Gasteiger partial charge in [0.2, 0.25) is 0 Å². The van der Waals surface area contributed by atoms with Gasteiger partial charge in [0.15, 0.2) is 11.0 Å². The van der Waals surface area contributed by atoms with Crippen molar-refractivity contribution in [3.05, 3.63) is 28.4 Å². The van der Waals surface area contributed by atoms with Crippen molar-refractivity contribution in [3.8, 4) is 5.75 Å². The van der Waals surface area contributed by atoms with Crippen LogP contribution in [0.4, 0.5) is 0 Å². The Balaban J connectivity index is 2.82. The van der Waals surface area contributed by atoms with E-state index in [1.54, 1.807) is 18.2 Å². The topological polar surface area (TPSA) is 39.4 Å². The van der Waals surface area contributed by atoms with Gasteiger partial charge in [0.1, 0.15) is 11.3 Å². The van der Waals surface area contributed by atoms with E-state index in [1.807, 2.05) is 0 Å². The number of ether oxygens (including phenoxy) is 1. The van der Waals surface area contributed by atoms with E-state index in [4.69, 9.17) is 9.15 Å². The van der Waals surface area contributed by atoms with Gasteiger partial charge in [-0.05, 0) is 34.1 Å². The number of furan rings is 1. The third-order valence-electron chi connectivity index (χ3n) is 2.01. The zero-order valence-corrected chi connectivity index (χ0v) is 9.00. The van der Waals surface area contributed by atoms with Crippen molar-refractivity contribution in [2.24, 2.45) is 0 Å². The first-order valence-corrected chi connectivity index (χ1v) is 4.77. The molecule has 1 aromatic heterocycles. The van der Waals surface area contributed by atoms with Crippen LogP contribution in [0, 0.1) is 0 Å². The first kappa shape index (κ1) is 9.27. The van der Waals surface area contributed by atoms with E-state index in [2.05, 4.69) is 15.9 Å². The van der Waals surface area contributed by atoms with Gasteiger partial charge in [-0.1, -0.05) is 0 Å². The molecule has 0 atom stereocenters. The molecule has 2 rings (SSSR count). The molecule has 1 heterocycles. The average molecular weight is 255 g/mol. The smallest absolute Gasteiger partial charge is 0.170 e. The van der Waals surface area contributed by atoms with Gasteiger partial charge in [0.25, 0.3) is 0 Å². The van der Waals surface area contributed by atoms with E-state index in [0.717, 1.165) is 11.7 Å². The highest BCUT2D eigenvalue weighted by Crippen LogP contribution is 2.30. The zero-order valence-electron chi connectivity index (χ0n) is 7.41. The number of hydrogen-bond acceptors (Lipinski definition) is 3. The number of carbonyl (C=O) groups is 1. The van der Waals surface area contributed by atoms with Crippen LogP contribution in [0.15, 0.2) is 27.3 Å². The van der Waals surface area contributed by atoms with Gasteiger partial charge in [-0.15, -0.1) is 0 Å². The van der Waals surface area contributed by atoms with E-state index in [0.29, 0.717) is 21.6 Å². The molecule has 0 saturated carbocycles. The molecular formula is C10H7BrO3. The molecule has 2 aromatic rings. The molecule has 0 spiro atoms. The molecule has 0 aliphatic carbocycles. The van der Waals surface area contributed by atoms with Gasteiger partial charge in [-0.25, -0.2) is 0 Å². The largest absolute Gasteiger partial charge is 0.496 e. The van der Waals surface area contributed by atoms with E-state index >= 15 is 0 Å². The molecule has 0 bridgehead atoms. The fourth-order valence-corrected chi connectivity index (χ4v) is 1.79. The van der Waals surface area contributed by atoms with Crippen LogP contribution in [0.5, 0.6) is 5.75 Å². The Kier molecular flexibility index (Phi) is 2.29. The second-order valence-electron chi connectivity index (χ2n) is 2.76. The number of carbonyl (C=O) groups excluding carboxylic acids is 1. The SMILES string of the molecule is COc1ccc2oc(Br)cc2c1C=O. The van der Waals surface area contributed by atoms with Crippen LogP contribution in [-0.4, -0.2) is 13.4 Å². The lowest BCUT2D eigenvalue weighted by molar-refractivity contribution is 0.112. The van der Waals surface area contributed by atoms with Crippen LogP contribution >= 0.6 is 15.9 Å². The predicted octanol–water partition coefficient (Wildman–Crippen LogP) is 3.02. The van der Waals surface area contributed by atoms with Crippen molar-refractivity contribution in [1.82, 2.24) is 0 Å². The molecule has 0 radical (unpaired) electrons. The van der Waals surface area contributed by atoms with Crippen molar-refractivity contribution in [1.29, 1.82) is 0 Å². The standard InChI is InChI=1S/C10H7BrO3/c1-13-8-2-3-9-6(7(8)5-12)4-10(11)14-9/h2-5H,1H3. The summed E-state index contributed by atoms with van der Waals surface area (Å²) in [6.45, 7) is 0. The normalized spacial score (nSPS) is 10.4. The Hall–Kier alpha value is -1.29.